The number of aromatic nitrogens is 4. The Bertz CT molecular complexity index is 884. The van der Waals surface area contributed by atoms with Crippen molar-refractivity contribution in [3.63, 3.8) is 0 Å². The molecule has 0 aromatic carbocycles. The molecule has 6 nitrogen and oxygen atoms in total. The van der Waals surface area contributed by atoms with E-state index in [1.165, 1.54) is 5.52 Å². The quantitative estimate of drug-likeness (QED) is 0.726. The Morgan fingerprint density at radius 1 is 1.48 bits per heavy atom. The predicted molar refractivity (Wildman–Crippen MR) is 89.0 cm³/mol. The van der Waals surface area contributed by atoms with Crippen LogP contribution < -0.4 is 5.32 Å². The highest BCUT2D eigenvalue weighted by Crippen LogP contribution is 2.35. The molecule has 4 rings (SSSR count). The van der Waals surface area contributed by atoms with Gasteiger partial charge >= 0.3 is 0 Å². The van der Waals surface area contributed by atoms with Gasteiger partial charge in [-0.1, -0.05) is 0 Å². The first-order valence-electron chi connectivity index (χ1n) is 8.19. The maximum absolute atomic E-state index is 8.67. The number of aromatic amines is 1. The summed E-state index contributed by atoms with van der Waals surface area (Å²) in [5.74, 6) is 1.05. The molecule has 0 aliphatic heterocycles. The van der Waals surface area contributed by atoms with E-state index in [0.29, 0.717) is 18.5 Å². The smallest absolute Gasteiger partial charge is 0.139 e. The Kier molecular flexibility index (Phi) is 3.50. The van der Waals surface area contributed by atoms with E-state index >= 15 is 0 Å². The normalized spacial score (nSPS) is 21.2. The summed E-state index contributed by atoms with van der Waals surface area (Å²) < 4.78 is 2.39. The summed E-state index contributed by atoms with van der Waals surface area (Å²) in [4.78, 5) is 12.3. The molecule has 0 amide bonds. The van der Waals surface area contributed by atoms with E-state index in [-0.39, 0.29) is 0 Å². The van der Waals surface area contributed by atoms with Crippen LogP contribution in [0, 0.1) is 18.3 Å². The Morgan fingerprint density at radius 2 is 2.39 bits per heavy atom. The van der Waals surface area contributed by atoms with Crippen LogP contribution in [0.2, 0.25) is 0 Å². The Labute approximate surface area is 134 Å². The molecule has 2 unspecified atom stereocenters. The fraction of sp³-hybridized carbons (Fsp3) is 0.471. The minimum atomic E-state index is 0.458. The Hall–Kier alpha value is -2.39. The van der Waals surface area contributed by atoms with Crippen molar-refractivity contribution < 1.29 is 0 Å². The van der Waals surface area contributed by atoms with E-state index in [1.54, 1.807) is 0 Å². The number of rotatable bonds is 4. The number of nitrogens with one attached hydrogen (secondary N) is 2. The molecule has 3 aromatic rings. The molecule has 1 aliphatic carbocycles. The van der Waals surface area contributed by atoms with Crippen LogP contribution >= 0.6 is 0 Å². The van der Waals surface area contributed by atoms with Gasteiger partial charge in [-0.05, 0) is 32.3 Å². The summed E-state index contributed by atoms with van der Waals surface area (Å²) in [6.07, 6.45) is 7.75. The standard InChI is InChI=1S/C17H20N6/c1-11-22-15-10-21-17-14(5-8-20-17)16(15)23(11)13-4-3-12(9-13)19-7-2-6-18/h5,8,10,12-13,19H,2-4,7,9H2,1H3,(H,20,21). The lowest BCUT2D eigenvalue weighted by atomic mass is 10.2. The van der Waals surface area contributed by atoms with Crippen LogP contribution in [0.3, 0.4) is 0 Å². The molecule has 1 aliphatic rings. The van der Waals surface area contributed by atoms with Gasteiger partial charge in [0.05, 0.1) is 17.8 Å². The SMILES string of the molecule is Cc1nc2cnc3[nH]ccc3c2n1C1CCC(NCCC#N)C1. The van der Waals surface area contributed by atoms with Gasteiger partial charge in [0.2, 0.25) is 0 Å². The highest BCUT2D eigenvalue weighted by Gasteiger charge is 2.28. The van der Waals surface area contributed by atoms with Gasteiger partial charge in [-0.3, -0.25) is 0 Å². The highest BCUT2D eigenvalue weighted by molar-refractivity contribution is 6.01. The average molecular weight is 308 g/mol. The van der Waals surface area contributed by atoms with Gasteiger partial charge in [0.15, 0.2) is 0 Å². The third kappa shape index (κ3) is 2.37. The number of nitriles is 1. The molecule has 0 radical (unpaired) electrons. The van der Waals surface area contributed by atoms with Crippen molar-refractivity contribution in [2.45, 2.75) is 44.7 Å². The van der Waals surface area contributed by atoms with Gasteiger partial charge < -0.3 is 14.9 Å². The zero-order valence-corrected chi connectivity index (χ0v) is 13.2. The average Bonchev–Trinajstić information content (AvgIpc) is 3.23. The molecule has 3 aromatic heterocycles. The summed E-state index contributed by atoms with van der Waals surface area (Å²) in [6.45, 7) is 2.86. The molecule has 0 bridgehead atoms. The van der Waals surface area contributed by atoms with Crippen molar-refractivity contribution in [3.05, 3.63) is 24.3 Å². The fourth-order valence-electron chi connectivity index (χ4n) is 3.86. The van der Waals surface area contributed by atoms with Gasteiger partial charge in [0, 0.05) is 36.6 Å². The lowest BCUT2D eigenvalue weighted by Crippen LogP contribution is -2.27. The Balaban J connectivity index is 1.68. The largest absolute Gasteiger partial charge is 0.346 e. The van der Waals surface area contributed by atoms with Gasteiger partial charge in [0.1, 0.15) is 17.0 Å². The maximum atomic E-state index is 8.67. The van der Waals surface area contributed by atoms with Crippen molar-refractivity contribution in [3.8, 4) is 6.07 Å². The molecule has 118 valence electrons. The van der Waals surface area contributed by atoms with Crippen molar-refractivity contribution in [2.75, 3.05) is 6.54 Å². The predicted octanol–water partition coefficient (Wildman–Crippen LogP) is 2.82. The number of aryl methyl sites for hydroxylation is 1. The second-order valence-corrected chi connectivity index (χ2v) is 6.29. The number of hydrogen-bond donors (Lipinski definition) is 2. The van der Waals surface area contributed by atoms with Gasteiger partial charge in [-0.2, -0.15) is 5.26 Å². The third-order valence-corrected chi connectivity index (χ3v) is 4.85. The van der Waals surface area contributed by atoms with Crippen LogP contribution in [0.5, 0.6) is 0 Å². The molecule has 0 saturated heterocycles. The zero-order valence-electron chi connectivity index (χ0n) is 13.2. The molecule has 23 heavy (non-hydrogen) atoms. The lowest BCUT2D eigenvalue weighted by Gasteiger charge is -2.17. The first kappa shape index (κ1) is 14.2. The zero-order chi connectivity index (χ0) is 15.8. The van der Waals surface area contributed by atoms with E-state index in [9.17, 15) is 0 Å². The van der Waals surface area contributed by atoms with Crippen molar-refractivity contribution >= 4 is 22.1 Å². The van der Waals surface area contributed by atoms with E-state index in [1.807, 2.05) is 12.4 Å². The van der Waals surface area contributed by atoms with Crippen molar-refractivity contribution in [1.82, 2.24) is 24.8 Å². The van der Waals surface area contributed by atoms with E-state index in [2.05, 4.69) is 38.9 Å². The molecule has 1 saturated carbocycles. The van der Waals surface area contributed by atoms with Crippen molar-refractivity contribution in [2.24, 2.45) is 0 Å². The van der Waals surface area contributed by atoms with Crippen LogP contribution in [0.1, 0.15) is 37.5 Å². The van der Waals surface area contributed by atoms with Crippen molar-refractivity contribution in [1.29, 1.82) is 5.26 Å². The second-order valence-electron chi connectivity index (χ2n) is 6.29. The summed E-state index contributed by atoms with van der Waals surface area (Å²) in [5, 5.41) is 13.3. The number of H-pyrrole nitrogens is 1. The number of imidazole rings is 1. The number of nitrogens with zero attached hydrogens (tertiary/aromatic N) is 4. The third-order valence-electron chi connectivity index (χ3n) is 4.85. The highest BCUT2D eigenvalue weighted by atomic mass is 15.1. The van der Waals surface area contributed by atoms with Gasteiger partial charge in [-0.15, -0.1) is 0 Å². The summed E-state index contributed by atoms with van der Waals surface area (Å²) in [7, 11) is 0. The number of pyridine rings is 1. The molecule has 6 heteroatoms. The van der Waals surface area contributed by atoms with Crippen LogP contribution in [-0.2, 0) is 0 Å². The molecular formula is C17H20N6. The Morgan fingerprint density at radius 3 is 3.26 bits per heavy atom. The summed E-state index contributed by atoms with van der Waals surface area (Å²) in [5.41, 5.74) is 3.08. The van der Waals surface area contributed by atoms with E-state index in [4.69, 9.17) is 10.2 Å². The molecular weight excluding hydrogens is 288 g/mol. The van der Waals surface area contributed by atoms with Crippen LogP contribution in [-0.4, -0.2) is 32.1 Å². The molecule has 0 spiro atoms. The molecule has 2 atom stereocenters. The first-order valence-corrected chi connectivity index (χ1v) is 8.19. The van der Waals surface area contributed by atoms with E-state index < -0.39 is 0 Å². The van der Waals surface area contributed by atoms with Crippen LogP contribution in [0.4, 0.5) is 0 Å². The van der Waals surface area contributed by atoms with Gasteiger partial charge in [0.25, 0.3) is 0 Å². The number of fused-ring (bicyclic) bond motifs is 3. The van der Waals surface area contributed by atoms with Gasteiger partial charge in [-0.25, -0.2) is 9.97 Å². The second kappa shape index (κ2) is 5.67. The topological polar surface area (TPSA) is 82.3 Å². The lowest BCUT2D eigenvalue weighted by molar-refractivity contribution is 0.479. The molecule has 2 N–H and O–H groups in total. The fourth-order valence-corrected chi connectivity index (χ4v) is 3.86. The number of hydrogen-bond acceptors (Lipinski definition) is 4. The summed E-state index contributed by atoms with van der Waals surface area (Å²) in [6, 6.07) is 5.23. The monoisotopic (exact) mass is 308 g/mol. The molecule has 1 fully saturated rings. The summed E-state index contributed by atoms with van der Waals surface area (Å²) >= 11 is 0. The van der Waals surface area contributed by atoms with E-state index in [0.717, 1.165) is 48.2 Å². The first-order chi connectivity index (χ1) is 11.3. The molecule has 3 heterocycles. The van der Waals surface area contributed by atoms with Crippen LogP contribution in [0.25, 0.3) is 22.1 Å². The van der Waals surface area contributed by atoms with Crippen LogP contribution in [0.15, 0.2) is 18.5 Å². The minimum Gasteiger partial charge on any atom is -0.346 e. The maximum Gasteiger partial charge on any atom is 0.139 e. The minimum absolute atomic E-state index is 0.458.